The monoisotopic (exact) mass is 406 g/mol. The Hall–Kier alpha value is -1.13. The summed E-state index contributed by atoms with van der Waals surface area (Å²) in [4.78, 5) is 12.9. The Morgan fingerprint density at radius 2 is 1.81 bits per heavy atom. The van der Waals surface area contributed by atoms with Crippen molar-refractivity contribution < 1.29 is 9.53 Å². The molecule has 2 aromatic carbocycles. The number of carbonyl (C=O) groups is 1. The molecule has 2 aliphatic rings. The molecular weight excluding hydrogens is 396 g/mol. The fraction of sp³-hybridized carbons (Fsp3) is 0.235. The van der Waals surface area contributed by atoms with Crippen molar-refractivity contribution in [2.24, 2.45) is 0 Å². The Bertz CT molecular complexity index is 753. The summed E-state index contributed by atoms with van der Waals surface area (Å²) in [5.41, 5.74) is 4.16. The van der Waals surface area contributed by atoms with E-state index in [1.54, 1.807) is 0 Å². The lowest BCUT2D eigenvalue weighted by molar-refractivity contribution is 0.0972. The van der Waals surface area contributed by atoms with Gasteiger partial charge in [-0.25, -0.2) is 0 Å². The second-order valence-corrected chi connectivity index (χ2v) is 7.01. The SMILES string of the molecule is O=C1c2c(c(Br)c(Br)c3c2CCO3)CC1c1ccccc1. The number of ether oxygens (including phenoxy) is 1. The number of fused-ring (bicyclic) bond motifs is 3. The molecule has 0 N–H and O–H groups in total. The van der Waals surface area contributed by atoms with Crippen molar-refractivity contribution in [3.63, 3.8) is 0 Å². The van der Waals surface area contributed by atoms with E-state index in [4.69, 9.17) is 4.74 Å². The highest BCUT2D eigenvalue weighted by molar-refractivity contribution is 9.13. The van der Waals surface area contributed by atoms with E-state index in [1.807, 2.05) is 30.3 Å². The Morgan fingerprint density at radius 1 is 1.05 bits per heavy atom. The number of hydrogen-bond acceptors (Lipinski definition) is 2. The first-order chi connectivity index (χ1) is 10.2. The normalized spacial score (nSPS) is 19.3. The fourth-order valence-corrected chi connectivity index (χ4v) is 4.46. The third kappa shape index (κ3) is 1.92. The van der Waals surface area contributed by atoms with Gasteiger partial charge in [-0.3, -0.25) is 4.79 Å². The van der Waals surface area contributed by atoms with Crippen LogP contribution in [-0.2, 0) is 12.8 Å². The Balaban J connectivity index is 1.89. The number of Topliss-reactive ketones (excluding diaryl/α,β-unsaturated/α-hetero) is 1. The molecule has 1 atom stereocenters. The molecule has 0 amide bonds. The molecule has 0 saturated heterocycles. The van der Waals surface area contributed by atoms with E-state index in [2.05, 4.69) is 31.9 Å². The highest BCUT2D eigenvalue weighted by atomic mass is 79.9. The summed E-state index contributed by atoms with van der Waals surface area (Å²) in [6, 6.07) is 10.0. The van der Waals surface area contributed by atoms with Gasteiger partial charge in [-0.1, -0.05) is 30.3 Å². The van der Waals surface area contributed by atoms with Gasteiger partial charge in [0.2, 0.25) is 0 Å². The summed E-state index contributed by atoms with van der Waals surface area (Å²) in [5, 5.41) is 0. The molecule has 1 unspecified atom stereocenters. The minimum absolute atomic E-state index is 0.0727. The van der Waals surface area contributed by atoms with E-state index in [0.717, 1.165) is 49.8 Å². The van der Waals surface area contributed by atoms with Crippen molar-refractivity contribution >= 4 is 37.6 Å². The molecule has 4 rings (SSSR count). The van der Waals surface area contributed by atoms with Gasteiger partial charge in [0.1, 0.15) is 5.75 Å². The van der Waals surface area contributed by atoms with Gasteiger partial charge in [-0.15, -0.1) is 0 Å². The minimum Gasteiger partial charge on any atom is -0.492 e. The fourth-order valence-electron chi connectivity index (χ4n) is 3.33. The average molecular weight is 408 g/mol. The van der Waals surface area contributed by atoms with Crippen molar-refractivity contribution in [1.82, 2.24) is 0 Å². The molecule has 106 valence electrons. The molecular formula is C17H12Br2O2. The Labute approximate surface area is 139 Å². The number of benzene rings is 2. The molecule has 0 spiro atoms. The minimum atomic E-state index is -0.0727. The zero-order chi connectivity index (χ0) is 14.6. The van der Waals surface area contributed by atoms with Crippen LogP contribution in [0.3, 0.4) is 0 Å². The van der Waals surface area contributed by atoms with Crippen LogP contribution in [0.4, 0.5) is 0 Å². The first kappa shape index (κ1) is 13.5. The highest BCUT2D eigenvalue weighted by Gasteiger charge is 2.39. The van der Waals surface area contributed by atoms with Gasteiger partial charge in [0.25, 0.3) is 0 Å². The maximum Gasteiger partial charge on any atom is 0.171 e. The van der Waals surface area contributed by atoms with Crippen LogP contribution in [0, 0.1) is 0 Å². The van der Waals surface area contributed by atoms with Gasteiger partial charge in [0.05, 0.1) is 17.0 Å². The summed E-state index contributed by atoms with van der Waals surface area (Å²) in [7, 11) is 0. The van der Waals surface area contributed by atoms with E-state index in [-0.39, 0.29) is 11.7 Å². The molecule has 2 nitrogen and oxygen atoms in total. The van der Waals surface area contributed by atoms with Crippen LogP contribution < -0.4 is 4.74 Å². The van der Waals surface area contributed by atoms with Crippen molar-refractivity contribution in [1.29, 1.82) is 0 Å². The topological polar surface area (TPSA) is 26.3 Å². The molecule has 1 heterocycles. The maximum absolute atomic E-state index is 12.9. The number of carbonyl (C=O) groups excluding carboxylic acids is 1. The molecule has 0 aromatic heterocycles. The lowest BCUT2D eigenvalue weighted by atomic mass is 9.94. The Kier molecular flexibility index (Phi) is 3.19. The highest BCUT2D eigenvalue weighted by Crippen LogP contribution is 2.49. The van der Waals surface area contributed by atoms with Crippen molar-refractivity contribution in [3.8, 4) is 5.75 Å². The summed E-state index contributed by atoms with van der Waals surface area (Å²) >= 11 is 7.23. The van der Waals surface area contributed by atoms with Crippen LogP contribution in [0.25, 0.3) is 0 Å². The Morgan fingerprint density at radius 3 is 2.57 bits per heavy atom. The molecule has 2 aromatic rings. The van der Waals surface area contributed by atoms with Crippen LogP contribution >= 0.6 is 31.9 Å². The number of halogens is 2. The molecule has 1 aliphatic heterocycles. The third-order valence-electron chi connectivity index (χ3n) is 4.31. The summed E-state index contributed by atoms with van der Waals surface area (Å²) in [6.07, 6.45) is 1.57. The molecule has 0 radical (unpaired) electrons. The number of ketones is 1. The lowest BCUT2D eigenvalue weighted by Gasteiger charge is -2.10. The van der Waals surface area contributed by atoms with Crippen LogP contribution in [0.1, 0.15) is 33.0 Å². The van der Waals surface area contributed by atoms with Crippen LogP contribution in [0.15, 0.2) is 39.3 Å². The van der Waals surface area contributed by atoms with Gasteiger partial charge in [0.15, 0.2) is 5.78 Å². The predicted octanol–water partition coefficient (Wildman–Crippen LogP) is 4.67. The van der Waals surface area contributed by atoms with E-state index in [1.165, 1.54) is 0 Å². The van der Waals surface area contributed by atoms with E-state index in [0.29, 0.717) is 6.61 Å². The van der Waals surface area contributed by atoms with Crippen LogP contribution in [0.2, 0.25) is 0 Å². The van der Waals surface area contributed by atoms with Crippen molar-refractivity contribution in [3.05, 3.63) is 61.5 Å². The molecule has 4 heteroatoms. The van der Waals surface area contributed by atoms with Gasteiger partial charge in [0, 0.05) is 22.0 Å². The summed E-state index contributed by atoms with van der Waals surface area (Å²) in [6.45, 7) is 0.653. The summed E-state index contributed by atoms with van der Waals surface area (Å²) in [5.74, 6) is 0.991. The zero-order valence-corrected chi connectivity index (χ0v) is 14.3. The predicted molar refractivity (Wildman–Crippen MR) is 88.3 cm³/mol. The van der Waals surface area contributed by atoms with Crippen LogP contribution in [0.5, 0.6) is 5.75 Å². The maximum atomic E-state index is 12.9. The largest absolute Gasteiger partial charge is 0.492 e. The van der Waals surface area contributed by atoms with Crippen molar-refractivity contribution in [2.45, 2.75) is 18.8 Å². The molecule has 0 fully saturated rings. The first-order valence-electron chi connectivity index (χ1n) is 6.93. The quantitative estimate of drug-likeness (QED) is 0.686. The molecule has 21 heavy (non-hydrogen) atoms. The standard InChI is InChI=1S/C17H12Br2O2/c18-14-12-8-11(9-4-2-1-3-5-9)16(20)13(12)10-6-7-21-17(10)15(14)19/h1-5,11H,6-8H2. The number of rotatable bonds is 1. The van der Waals surface area contributed by atoms with Gasteiger partial charge in [-0.2, -0.15) is 0 Å². The second-order valence-electron chi connectivity index (χ2n) is 5.42. The molecule has 1 aliphatic carbocycles. The number of hydrogen-bond donors (Lipinski definition) is 0. The van der Waals surface area contributed by atoms with Gasteiger partial charge in [-0.05, 0) is 49.4 Å². The van der Waals surface area contributed by atoms with Crippen LogP contribution in [-0.4, -0.2) is 12.4 Å². The van der Waals surface area contributed by atoms with Gasteiger partial charge < -0.3 is 4.74 Å². The first-order valence-corrected chi connectivity index (χ1v) is 8.51. The second kappa shape index (κ2) is 4.96. The van der Waals surface area contributed by atoms with Gasteiger partial charge >= 0.3 is 0 Å². The molecule has 0 bridgehead atoms. The van der Waals surface area contributed by atoms with Crippen molar-refractivity contribution in [2.75, 3.05) is 6.61 Å². The zero-order valence-electron chi connectivity index (χ0n) is 11.2. The average Bonchev–Trinajstić information content (AvgIpc) is 3.10. The molecule has 0 saturated carbocycles. The van der Waals surface area contributed by atoms with E-state index >= 15 is 0 Å². The van der Waals surface area contributed by atoms with E-state index in [9.17, 15) is 4.79 Å². The lowest BCUT2D eigenvalue weighted by Crippen LogP contribution is -2.08. The smallest absolute Gasteiger partial charge is 0.171 e. The van der Waals surface area contributed by atoms with E-state index < -0.39 is 0 Å². The summed E-state index contributed by atoms with van der Waals surface area (Å²) < 4.78 is 7.60. The third-order valence-corrected chi connectivity index (χ3v) is 6.47.